The molecule has 122 valence electrons. The van der Waals surface area contributed by atoms with Crippen LogP contribution >= 0.6 is 0 Å². The molecule has 5 nitrogen and oxygen atoms in total. The number of carbonyl (C=O) groups excluding carboxylic acids is 1. The second kappa shape index (κ2) is 6.16. The SMILES string of the molecule is COCOc1cc(O)c(C(=O)C(C)C)c2c1CCC(C)(C)O2. The van der Waals surface area contributed by atoms with Crippen LogP contribution in [0.15, 0.2) is 6.07 Å². The van der Waals surface area contributed by atoms with E-state index in [9.17, 15) is 9.90 Å². The van der Waals surface area contributed by atoms with E-state index in [2.05, 4.69) is 0 Å². The highest BCUT2D eigenvalue weighted by atomic mass is 16.7. The van der Waals surface area contributed by atoms with Gasteiger partial charge in [0.05, 0.1) is 0 Å². The van der Waals surface area contributed by atoms with Crippen LogP contribution < -0.4 is 9.47 Å². The highest BCUT2D eigenvalue weighted by molar-refractivity contribution is 6.03. The van der Waals surface area contributed by atoms with Crippen LogP contribution in [-0.4, -0.2) is 30.4 Å². The summed E-state index contributed by atoms with van der Waals surface area (Å²) >= 11 is 0. The van der Waals surface area contributed by atoms with Crippen molar-refractivity contribution in [1.29, 1.82) is 0 Å². The molecule has 1 aromatic carbocycles. The summed E-state index contributed by atoms with van der Waals surface area (Å²) in [5, 5.41) is 10.3. The van der Waals surface area contributed by atoms with Crippen molar-refractivity contribution in [3.63, 3.8) is 0 Å². The summed E-state index contributed by atoms with van der Waals surface area (Å²) in [4.78, 5) is 12.5. The van der Waals surface area contributed by atoms with Crippen LogP contribution in [0.5, 0.6) is 17.2 Å². The molecule has 1 aliphatic rings. The third kappa shape index (κ3) is 3.19. The number of benzene rings is 1. The van der Waals surface area contributed by atoms with Gasteiger partial charge in [-0.15, -0.1) is 0 Å². The van der Waals surface area contributed by atoms with Crippen LogP contribution in [0.4, 0.5) is 0 Å². The van der Waals surface area contributed by atoms with Crippen molar-refractivity contribution in [2.24, 2.45) is 5.92 Å². The Morgan fingerprint density at radius 1 is 1.45 bits per heavy atom. The molecule has 22 heavy (non-hydrogen) atoms. The average molecular weight is 308 g/mol. The molecule has 0 amide bonds. The van der Waals surface area contributed by atoms with Crippen LogP contribution in [0.25, 0.3) is 0 Å². The fourth-order valence-corrected chi connectivity index (χ4v) is 2.54. The first kappa shape index (κ1) is 16.6. The van der Waals surface area contributed by atoms with Crippen LogP contribution in [0.1, 0.15) is 50.0 Å². The molecule has 0 spiro atoms. The van der Waals surface area contributed by atoms with Crippen molar-refractivity contribution in [3.05, 3.63) is 17.2 Å². The molecule has 0 saturated carbocycles. The maximum absolute atomic E-state index is 12.5. The zero-order valence-corrected chi connectivity index (χ0v) is 13.9. The number of aromatic hydroxyl groups is 1. The van der Waals surface area contributed by atoms with Gasteiger partial charge in [-0.1, -0.05) is 13.8 Å². The lowest BCUT2D eigenvalue weighted by Crippen LogP contribution is -2.34. The molecular formula is C17H24O5. The van der Waals surface area contributed by atoms with Crippen molar-refractivity contribution < 1.29 is 24.1 Å². The number of methoxy groups -OCH3 is 1. The molecular weight excluding hydrogens is 284 g/mol. The zero-order chi connectivity index (χ0) is 16.5. The van der Waals surface area contributed by atoms with Gasteiger partial charge in [-0.2, -0.15) is 0 Å². The third-order valence-electron chi connectivity index (χ3n) is 3.78. The summed E-state index contributed by atoms with van der Waals surface area (Å²) in [7, 11) is 1.53. The van der Waals surface area contributed by atoms with Gasteiger partial charge in [0.15, 0.2) is 12.6 Å². The summed E-state index contributed by atoms with van der Waals surface area (Å²) in [6, 6.07) is 1.48. The van der Waals surface area contributed by atoms with Crippen molar-refractivity contribution in [3.8, 4) is 17.2 Å². The van der Waals surface area contributed by atoms with Crippen LogP contribution in [0, 0.1) is 5.92 Å². The smallest absolute Gasteiger partial charge is 0.188 e. The van der Waals surface area contributed by atoms with Crippen LogP contribution in [-0.2, 0) is 11.2 Å². The fraction of sp³-hybridized carbons (Fsp3) is 0.588. The van der Waals surface area contributed by atoms with Gasteiger partial charge < -0.3 is 19.3 Å². The maximum Gasteiger partial charge on any atom is 0.188 e. The second-order valence-electron chi connectivity index (χ2n) is 6.51. The van der Waals surface area contributed by atoms with Gasteiger partial charge in [-0.25, -0.2) is 0 Å². The Labute approximate surface area is 131 Å². The molecule has 1 aliphatic heterocycles. The summed E-state index contributed by atoms with van der Waals surface area (Å²) in [6.45, 7) is 7.63. The number of phenolic OH excluding ortho intramolecular Hbond substituents is 1. The average Bonchev–Trinajstić information content (AvgIpc) is 2.42. The number of rotatable bonds is 5. The number of ether oxygens (including phenoxy) is 3. The molecule has 0 aliphatic carbocycles. The van der Waals surface area contributed by atoms with Crippen LogP contribution in [0.2, 0.25) is 0 Å². The molecule has 0 bridgehead atoms. The first-order chi connectivity index (χ1) is 10.3. The number of hydrogen-bond acceptors (Lipinski definition) is 5. The summed E-state index contributed by atoms with van der Waals surface area (Å²) in [6.07, 6.45) is 1.53. The number of ketones is 1. The van der Waals surface area contributed by atoms with E-state index in [1.165, 1.54) is 13.2 Å². The van der Waals surface area contributed by atoms with Gasteiger partial charge in [0.1, 0.15) is 28.4 Å². The van der Waals surface area contributed by atoms with E-state index >= 15 is 0 Å². The molecule has 5 heteroatoms. The normalized spacial score (nSPS) is 16.1. The summed E-state index contributed by atoms with van der Waals surface area (Å²) in [5.41, 5.74) is 0.687. The van der Waals surface area contributed by atoms with Crippen LogP contribution in [0.3, 0.4) is 0 Å². The predicted molar refractivity (Wildman–Crippen MR) is 82.8 cm³/mol. The third-order valence-corrected chi connectivity index (χ3v) is 3.78. The number of fused-ring (bicyclic) bond motifs is 1. The Hall–Kier alpha value is -1.75. The van der Waals surface area contributed by atoms with E-state index in [0.717, 1.165) is 18.4 Å². The molecule has 1 aromatic rings. The standard InChI is InChI=1S/C17H24O5/c1-10(2)15(19)14-12(18)8-13(21-9-20-5)11-6-7-17(3,4)22-16(11)14/h8,10,18H,6-7,9H2,1-5H3. The molecule has 1 heterocycles. The number of phenols is 1. The largest absolute Gasteiger partial charge is 0.507 e. The van der Waals surface area contributed by atoms with Gasteiger partial charge in [0.2, 0.25) is 0 Å². The Morgan fingerprint density at radius 2 is 2.14 bits per heavy atom. The minimum absolute atomic E-state index is 0.0761. The lowest BCUT2D eigenvalue weighted by Gasteiger charge is -2.34. The van der Waals surface area contributed by atoms with E-state index < -0.39 is 0 Å². The van der Waals surface area contributed by atoms with E-state index in [1.54, 1.807) is 13.8 Å². The van der Waals surface area contributed by atoms with E-state index in [-0.39, 0.29) is 35.4 Å². The van der Waals surface area contributed by atoms with Crippen molar-refractivity contribution in [2.45, 2.75) is 46.1 Å². The minimum Gasteiger partial charge on any atom is -0.507 e. The number of Topliss-reactive ketones (excluding diaryl/α,β-unsaturated/α-hetero) is 1. The van der Waals surface area contributed by atoms with Crippen molar-refractivity contribution in [1.82, 2.24) is 0 Å². The van der Waals surface area contributed by atoms with Crippen molar-refractivity contribution in [2.75, 3.05) is 13.9 Å². The van der Waals surface area contributed by atoms with Gasteiger partial charge >= 0.3 is 0 Å². The zero-order valence-electron chi connectivity index (χ0n) is 13.9. The topological polar surface area (TPSA) is 65.0 Å². The molecule has 0 unspecified atom stereocenters. The second-order valence-corrected chi connectivity index (χ2v) is 6.51. The summed E-state index contributed by atoms with van der Waals surface area (Å²) < 4.78 is 16.5. The first-order valence-electron chi connectivity index (χ1n) is 7.50. The van der Waals surface area contributed by atoms with Gasteiger partial charge in [-0.05, 0) is 26.7 Å². The Bertz CT molecular complexity index is 575. The van der Waals surface area contributed by atoms with E-state index in [1.807, 2.05) is 13.8 Å². The predicted octanol–water partition coefficient (Wildman–Crippen LogP) is 3.32. The Balaban J connectivity index is 2.58. The van der Waals surface area contributed by atoms with E-state index in [0.29, 0.717) is 11.5 Å². The Morgan fingerprint density at radius 3 is 2.73 bits per heavy atom. The lowest BCUT2D eigenvalue weighted by atomic mass is 9.89. The lowest BCUT2D eigenvalue weighted by molar-refractivity contribution is 0.0461. The monoisotopic (exact) mass is 308 g/mol. The maximum atomic E-state index is 12.5. The number of hydrogen-bond donors (Lipinski definition) is 1. The minimum atomic E-state index is -0.384. The molecule has 1 N–H and O–H groups in total. The van der Waals surface area contributed by atoms with E-state index in [4.69, 9.17) is 14.2 Å². The van der Waals surface area contributed by atoms with Gasteiger partial charge in [-0.3, -0.25) is 4.79 Å². The molecule has 2 rings (SSSR count). The molecule has 0 radical (unpaired) electrons. The van der Waals surface area contributed by atoms with Crippen molar-refractivity contribution >= 4 is 5.78 Å². The number of carbonyl (C=O) groups is 1. The molecule has 0 atom stereocenters. The first-order valence-corrected chi connectivity index (χ1v) is 7.50. The summed E-state index contributed by atoms with van der Waals surface area (Å²) in [5.74, 6) is 0.478. The molecule has 0 saturated heterocycles. The molecule has 0 fully saturated rings. The fourth-order valence-electron chi connectivity index (χ4n) is 2.54. The van der Waals surface area contributed by atoms with Gasteiger partial charge in [0.25, 0.3) is 0 Å². The highest BCUT2D eigenvalue weighted by Gasteiger charge is 2.34. The van der Waals surface area contributed by atoms with Gasteiger partial charge in [0, 0.05) is 24.7 Å². The highest BCUT2D eigenvalue weighted by Crippen LogP contribution is 2.45. The Kier molecular flexibility index (Phi) is 4.66. The quantitative estimate of drug-likeness (QED) is 0.668. The molecule has 0 aromatic heterocycles.